The molecule has 0 saturated heterocycles. The van der Waals surface area contributed by atoms with Crippen LogP contribution in [-0.2, 0) is 19.4 Å². The average Bonchev–Trinajstić information content (AvgIpc) is 2.16. The van der Waals surface area contributed by atoms with E-state index in [-0.39, 0.29) is 0 Å². The van der Waals surface area contributed by atoms with Crippen LogP contribution in [0.3, 0.4) is 0 Å². The third-order valence-electron chi connectivity index (χ3n) is 2.47. The van der Waals surface area contributed by atoms with Crippen molar-refractivity contribution < 1.29 is 19.4 Å². The van der Waals surface area contributed by atoms with Crippen LogP contribution in [0.15, 0.2) is 12.1 Å². The standard InChI is InChI=1S/C12H16IN.Mo/c1-7(2)10-5-9(13)6-11(8(3)4)12(10)14;/h5-8H,1-4H3;/q+1;. The normalized spacial score (nSPS) is 10.8. The van der Waals surface area contributed by atoms with Gasteiger partial charge in [-0.05, 0) is 0 Å². The molecule has 81 valence electrons. The third kappa shape index (κ3) is 3.15. The molecular weight excluding hydrogens is 381 g/mol. The van der Waals surface area contributed by atoms with Gasteiger partial charge in [0, 0.05) is 0 Å². The second kappa shape index (κ2) is 5.61. The summed E-state index contributed by atoms with van der Waals surface area (Å²) in [5.41, 5.74) is 3.94. The minimum absolute atomic E-state index is 0.539. The summed E-state index contributed by atoms with van der Waals surface area (Å²) in [4.78, 5) is 0. The molecule has 0 N–H and O–H groups in total. The van der Waals surface area contributed by atoms with E-state index in [1.807, 2.05) is 19.4 Å². The van der Waals surface area contributed by atoms with Gasteiger partial charge in [0.25, 0.3) is 0 Å². The molecule has 1 aromatic rings. The second-order valence-electron chi connectivity index (χ2n) is 4.33. The Morgan fingerprint density at radius 2 is 1.47 bits per heavy atom. The zero-order chi connectivity index (χ0) is 11.6. The molecule has 0 aliphatic heterocycles. The van der Waals surface area contributed by atoms with E-state index in [0.717, 1.165) is 0 Å². The van der Waals surface area contributed by atoms with Crippen LogP contribution < -0.4 is 0 Å². The molecule has 0 spiro atoms. The summed E-state index contributed by atoms with van der Waals surface area (Å²) >= 11 is 4.21. The van der Waals surface area contributed by atoms with Gasteiger partial charge >= 0.3 is 117 Å². The Hall–Kier alpha value is 0.348. The number of nitrogens with zero attached hydrogens (tertiary/aromatic N) is 1. The summed E-state index contributed by atoms with van der Waals surface area (Å²) < 4.78 is 5.77. The van der Waals surface area contributed by atoms with Crippen molar-refractivity contribution in [1.82, 2.24) is 0 Å². The Morgan fingerprint density at radius 3 is 1.73 bits per heavy atom. The molecule has 0 aromatic heterocycles. The van der Waals surface area contributed by atoms with Gasteiger partial charge in [-0.1, -0.05) is 0 Å². The topological polar surface area (TPSA) is 4.36 Å². The summed E-state index contributed by atoms with van der Waals surface area (Å²) in [5.74, 6) is 1.08. The van der Waals surface area contributed by atoms with Gasteiger partial charge in [0.2, 0.25) is 0 Å². The molecule has 0 aliphatic carbocycles. The van der Waals surface area contributed by atoms with Crippen LogP contribution in [0, 0.1) is 3.57 Å². The second-order valence-corrected chi connectivity index (χ2v) is 6.03. The fraction of sp³-hybridized carbons (Fsp3) is 0.500. The molecule has 0 radical (unpaired) electrons. The van der Waals surface area contributed by atoms with Gasteiger partial charge in [0.15, 0.2) is 0 Å². The van der Waals surface area contributed by atoms with Gasteiger partial charge < -0.3 is 0 Å². The summed E-state index contributed by atoms with van der Waals surface area (Å²) in [6, 6.07) is 4.50. The summed E-state index contributed by atoms with van der Waals surface area (Å²) in [6.45, 7) is 8.91. The van der Waals surface area contributed by atoms with Crippen molar-refractivity contribution in [2.45, 2.75) is 39.5 Å². The third-order valence-corrected chi connectivity index (χ3v) is 3.54. The molecule has 0 unspecified atom stereocenters. The van der Waals surface area contributed by atoms with Crippen LogP contribution in [0.25, 0.3) is 3.31 Å². The molecule has 0 aliphatic rings. The SMILES string of the molecule is CC(C)c1cc(I)cc(C(C)C)c1[N+]#[Mo]. The molecule has 3 heteroatoms. The molecule has 0 saturated carbocycles. The molecule has 0 atom stereocenters. The predicted molar refractivity (Wildman–Crippen MR) is 70.4 cm³/mol. The Kier molecular flexibility index (Phi) is 5.02. The van der Waals surface area contributed by atoms with Gasteiger partial charge in [0.1, 0.15) is 0 Å². The van der Waals surface area contributed by atoms with Crippen molar-refractivity contribution in [3.05, 3.63) is 30.1 Å². The van der Waals surface area contributed by atoms with Crippen LogP contribution in [0.4, 0.5) is 5.69 Å². The van der Waals surface area contributed by atoms with Gasteiger partial charge in [-0.3, -0.25) is 0 Å². The van der Waals surface area contributed by atoms with Gasteiger partial charge in [-0.25, -0.2) is 0 Å². The average molecular weight is 397 g/mol. The molecule has 0 amide bonds. The molecule has 0 heterocycles. The van der Waals surface area contributed by atoms with E-state index >= 15 is 0 Å². The fourth-order valence-electron chi connectivity index (χ4n) is 1.63. The van der Waals surface area contributed by atoms with Crippen molar-refractivity contribution >= 4 is 28.3 Å². The Balaban J connectivity index is 3.47. The molecule has 15 heavy (non-hydrogen) atoms. The van der Waals surface area contributed by atoms with Crippen LogP contribution in [0.5, 0.6) is 0 Å². The minimum atomic E-state index is 0.539. The Labute approximate surface area is 117 Å². The first-order valence-electron chi connectivity index (χ1n) is 5.14. The number of hydrogen-bond acceptors (Lipinski definition) is 0. The van der Waals surface area contributed by atoms with E-state index in [4.69, 9.17) is 0 Å². The van der Waals surface area contributed by atoms with Gasteiger partial charge in [0.05, 0.1) is 0 Å². The van der Waals surface area contributed by atoms with Crippen molar-refractivity contribution in [3.8, 4) is 0 Å². The number of hydrogen-bond donors (Lipinski definition) is 0. The fourth-order valence-corrected chi connectivity index (χ4v) is 2.82. The first-order valence-corrected chi connectivity index (χ1v) is 7.11. The summed E-state index contributed by atoms with van der Waals surface area (Å²) in [7, 11) is 0. The molecular formula is C12H16IMoN+. The number of benzene rings is 1. The maximum atomic E-state index is 4.46. The maximum absolute atomic E-state index is 4.46. The van der Waals surface area contributed by atoms with E-state index in [1.165, 1.54) is 20.4 Å². The summed E-state index contributed by atoms with van der Waals surface area (Å²) in [5, 5.41) is 0. The number of halogens is 1. The summed E-state index contributed by atoms with van der Waals surface area (Å²) in [6.07, 6.45) is 0. The van der Waals surface area contributed by atoms with E-state index in [2.05, 4.69) is 65.7 Å². The van der Waals surface area contributed by atoms with E-state index < -0.39 is 0 Å². The quantitative estimate of drug-likeness (QED) is 0.489. The van der Waals surface area contributed by atoms with Crippen LogP contribution in [-0.4, -0.2) is 0 Å². The van der Waals surface area contributed by atoms with Gasteiger partial charge in [-0.15, -0.1) is 0 Å². The molecule has 1 aromatic carbocycles. The van der Waals surface area contributed by atoms with E-state index in [9.17, 15) is 0 Å². The molecule has 1 rings (SSSR count). The van der Waals surface area contributed by atoms with Crippen molar-refractivity contribution in [2.24, 2.45) is 0 Å². The first kappa shape index (κ1) is 13.4. The molecule has 0 fully saturated rings. The monoisotopic (exact) mass is 399 g/mol. The predicted octanol–water partition coefficient (Wildman–Crippen LogP) is 5.01. The van der Waals surface area contributed by atoms with Crippen molar-refractivity contribution in [1.29, 1.82) is 0 Å². The molecule has 1 nitrogen and oxygen atoms in total. The van der Waals surface area contributed by atoms with Crippen molar-refractivity contribution in [3.63, 3.8) is 0 Å². The van der Waals surface area contributed by atoms with E-state index in [0.29, 0.717) is 11.8 Å². The van der Waals surface area contributed by atoms with Crippen molar-refractivity contribution in [2.75, 3.05) is 0 Å². The van der Waals surface area contributed by atoms with Crippen LogP contribution in [0.1, 0.15) is 50.7 Å². The number of rotatable bonds is 2. The zero-order valence-corrected chi connectivity index (χ0v) is 13.7. The van der Waals surface area contributed by atoms with Crippen LogP contribution >= 0.6 is 22.6 Å². The van der Waals surface area contributed by atoms with Gasteiger partial charge in [-0.2, -0.15) is 0 Å². The first-order chi connectivity index (χ1) is 6.97. The zero-order valence-electron chi connectivity index (χ0n) is 9.54. The Morgan fingerprint density at radius 1 is 1.07 bits per heavy atom. The van der Waals surface area contributed by atoms with Crippen LogP contribution in [0.2, 0.25) is 0 Å². The Bertz CT molecular complexity index is 376. The molecule has 0 bridgehead atoms. The van der Waals surface area contributed by atoms with E-state index in [1.54, 1.807) is 0 Å².